The summed E-state index contributed by atoms with van der Waals surface area (Å²) in [5.41, 5.74) is 0. The van der Waals surface area contributed by atoms with Gasteiger partial charge in [-0.2, -0.15) is 0 Å². The lowest BCUT2D eigenvalue weighted by Gasteiger charge is -2.33. The molecule has 1 saturated heterocycles. The molecule has 2 rings (SSSR count). The molecule has 0 bridgehead atoms. The van der Waals surface area contributed by atoms with E-state index in [4.69, 9.17) is 9.57 Å². The average molecular weight is 198 g/mol. The molecular weight excluding hydrogens is 188 g/mol. The van der Waals surface area contributed by atoms with Gasteiger partial charge in [0.25, 0.3) is 0 Å². The maximum atomic E-state index is 11.1. The van der Waals surface area contributed by atoms with Crippen LogP contribution in [0.5, 0.6) is 0 Å². The van der Waals surface area contributed by atoms with Crippen LogP contribution in [0.4, 0.5) is 0 Å². The summed E-state index contributed by atoms with van der Waals surface area (Å²) in [6, 6.07) is 0. The van der Waals surface area contributed by atoms with Crippen molar-refractivity contribution in [1.29, 1.82) is 0 Å². The lowest BCUT2D eigenvalue weighted by atomic mass is 10.4. The number of nitrogens with one attached hydrogen (secondary N) is 1. The third-order valence-electron chi connectivity index (χ3n) is 1.96. The zero-order valence-corrected chi connectivity index (χ0v) is 7.43. The number of piperazine rings is 1. The number of ether oxygens (including phenoxy) is 1. The number of rotatable bonds is 0. The van der Waals surface area contributed by atoms with E-state index < -0.39 is 18.2 Å². The standard InChI is InChI=1S/C8H10N2O4/c11-7-1-2-8(12)14-10-4-3-9-5-6(10)13-7/h1-2,6,9H,3-5H2/b2-1-. The molecule has 2 heterocycles. The van der Waals surface area contributed by atoms with Gasteiger partial charge in [0.15, 0.2) is 6.23 Å². The Bertz CT molecular complexity index is 261. The van der Waals surface area contributed by atoms with E-state index in [1.807, 2.05) is 0 Å². The van der Waals surface area contributed by atoms with Gasteiger partial charge >= 0.3 is 11.9 Å². The Balaban J connectivity index is 2.14. The molecular formula is C8H10N2O4. The van der Waals surface area contributed by atoms with Gasteiger partial charge in [-0.3, -0.25) is 0 Å². The van der Waals surface area contributed by atoms with Crippen LogP contribution in [0.2, 0.25) is 0 Å². The minimum atomic E-state index is -0.548. The molecule has 1 fully saturated rings. The Hall–Kier alpha value is -1.40. The third-order valence-corrected chi connectivity index (χ3v) is 1.96. The van der Waals surface area contributed by atoms with Gasteiger partial charge in [-0.05, 0) is 0 Å². The molecule has 0 amide bonds. The van der Waals surface area contributed by atoms with Gasteiger partial charge in [0, 0.05) is 25.2 Å². The molecule has 0 aromatic heterocycles. The highest BCUT2D eigenvalue weighted by molar-refractivity contribution is 5.92. The van der Waals surface area contributed by atoms with Crippen LogP contribution in [0.15, 0.2) is 12.2 Å². The van der Waals surface area contributed by atoms with Crippen LogP contribution in [-0.2, 0) is 19.2 Å². The van der Waals surface area contributed by atoms with Crippen LogP contribution < -0.4 is 5.32 Å². The molecule has 0 aromatic rings. The number of nitrogens with zero attached hydrogens (tertiary/aromatic N) is 1. The minimum absolute atomic E-state index is 0.465. The van der Waals surface area contributed by atoms with Crippen LogP contribution in [0.3, 0.4) is 0 Å². The van der Waals surface area contributed by atoms with Crippen LogP contribution in [-0.4, -0.2) is 42.9 Å². The Morgan fingerprint density at radius 2 is 2.14 bits per heavy atom. The number of hydrogen-bond donors (Lipinski definition) is 1. The molecule has 1 atom stereocenters. The van der Waals surface area contributed by atoms with Gasteiger partial charge in [0.1, 0.15) is 0 Å². The van der Waals surface area contributed by atoms with Gasteiger partial charge in [-0.1, -0.05) is 5.06 Å². The van der Waals surface area contributed by atoms with Crippen molar-refractivity contribution < 1.29 is 19.2 Å². The molecule has 1 unspecified atom stereocenters. The fraction of sp³-hybridized carbons (Fsp3) is 0.500. The minimum Gasteiger partial charge on any atom is -0.439 e. The Morgan fingerprint density at radius 3 is 3.00 bits per heavy atom. The molecule has 1 N–H and O–H groups in total. The predicted octanol–water partition coefficient (Wildman–Crippen LogP) is -1.21. The summed E-state index contributed by atoms with van der Waals surface area (Å²) >= 11 is 0. The van der Waals surface area contributed by atoms with E-state index in [2.05, 4.69) is 5.32 Å². The summed E-state index contributed by atoms with van der Waals surface area (Å²) in [6.07, 6.45) is 1.60. The average Bonchev–Trinajstić information content (AvgIpc) is 2.16. The highest BCUT2D eigenvalue weighted by atomic mass is 16.7. The summed E-state index contributed by atoms with van der Waals surface area (Å²) in [4.78, 5) is 27.1. The number of fused-ring (bicyclic) bond motifs is 1. The van der Waals surface area contributed by atoms with Gasteiger partial charge in [-0.15, -0.1) is 0 Å². The van der Waals surface area contributed by atoms with Gasteiger partial charge in [0.2, 0.25) is 0 Å². The molecule has 0 aliphatic carbocycles. The summed E-state index contributed by atoms with van der Waals surface area (Å²) < 4.78 is 5.00. The van der Waals surface area contributed by atoms with Crippen molar-refractivity contribution in [3.8, 4) is 0 Å². The fourth-order valence-corrected chi connectivity index (χ4v) is 1.32. The van der Waals surface area contributed by atoms with Gasteiger partial charge in [0.05, 0.1) is 6.54 Å². The predicted molar refractivity (Wildman–Crippen MR) is 44.7 cm³/mol. The van der Waals surface area contributed by atoms with Crippen molar-refractivity contribution in [3.05, 3.63) is 12.2 Å². The lowest BCUT2D eigenvalue weighted by molar-refractivity contribution is -0.242. The van der Waals surface area contributed by atoms with E-state index >= 15 is 0 Å². The first-order valence-corrected chi connectivity index (χ1v) is 4.34. The summed E-state index contributed by atoms with van der Waals surface area (Å²) in [5, 5.41) is 4.41. The second kappa shape index (κ2) is 3.77. The van der Waals surface area contributed by atoms with E-state index in [-0.39, 0.29) is 0 Å². The Kier molecular flexibility index (Phi) is 2.47. The summed E-state index contributed by atoms with van der Waals surface area (Å²) in [7, 11) is 0. The molecule has 0 radical (unpaired) electrons. The Morgan fingerprint density at radius 1 is 1.36 bits per heavy atom. The molecule has 76 valence electrons. The second-order valence-electron chi connectivity index (χ2n) is 2.98. The largest absolute Gasteiger partial charge is 0.439 e. The first-order chi connectivity index (χ1) is 6.75. The van der Waals surface area contributed by atoms with Crippen molar-refractivity contribution in [2.75, 3.05) is 19.6 Å². The number of hydroxylamine groups is 2. The lowest BCUT2D eigenvalue weighted by Crippen LogP contribution is -2.53. The Labute approximate surface area is 80.4 Å². The van der Waals surface area contributed by atoms with Gasteiger partial charge in [-0.25, -0.2) is 9.59 Å². The van der Waals surface area contributed by atoms with E-state index in [9.17, 15) is 9.59 Å². The van der Waals surface area contributed by atoms with Crippen LogP contribution in [0.25, 0.3) is 0 Å². The zero-order chi connectivity index (χ0) is 9.97. The third kappa shape index (κ3) is 1.91. The maximum absolute atomic E-state index is 11.1. The van der Waals surface area contributed by atoms with E-state index in [0.29, 0.717) is 19.6 Å². The van der Waals surface area contributed by atoms with E-state index in [0.717, 1.165) is 12.2 Å². The number of esters is 1. The first kappa shape index (κ1) is 9.17. The topological polar surface area (TPSA) is 67.9 Å². The number of hydrogen-bond acceptors (Lipinski definition) is 6. The normalized spacial score (nSPS) is 30.7. The quantitative estimate of drug-likeness (QED) is 0.492. The van der Waals surface area contributed by atoms with Crippen molar-refractivity contribution in [2.24, 2.45) is 0 Å². The van der Waals surface area contributed by atoms with E-state index in [1.54, 1.807) is 0 Å². The molecule has 2 aliphatic heterocycles. The number of carbonyl (C=O) groups excluding carboxylic acids is 2. The van der Waals surface area contributed by atoms with Gasteiger partial charge < -0.3 is 14.9 Å². The molecule has 6 heteroatoms. The van der Waals surface area contributed by atoms with Crippen molar-refractivity contribution in [2.45, 2.75) is 6.23 Å². The maximum Gasteiger partial charge on any atom is 0.350 e. The zero-order valence-electron chi connectivity index (χ0n) is 7.43. The smallest absolute Gasteiger partial charge is 0.350 e. The van der Waals surface area contributed by atoms with Crippen molar-refractivity contribution >= 4 is 11.9 Å². The SMILES string of the molecule is O=C1/C=C\C(=O)ON2CCNCC2O1. The van der Waals surface area contributed by atoms with E-state index in [1.165, 1.54) is 5.06 Å². The molecule has 0 spiro atoms. The molecule has 2 aliphatic rings. The molecule has 6 nitrogen and oxygen atoms in total. The summed E-state index contributed by atoms with van der Waals surface area (Å²) in [6.45, 7) is 1.68. The van der Waals surface area contributed by atoms with Crippen molar-refractivity contribution in [1.82, 2.24) is 10.4 Å². The van der Waals surface area contributed by atoms with Crippen LogP contribution >= 0.6 is 0 Å². The monoisotopic (exact) mass is 198 g/mol. The van der Waals surface area contributed by atoms with Crippen LogP contribution in [0.1, 0.15) is 0 Å². The second-order valence-corrected chi connectivity index (χ2v) is 2.98. The number of carbonyl (C=O) groups is 2. The first-order valence-electron chi connectivity index (χ1n) is 4.34. The fourth-order valence-electron chi connectivity index (χ4n) is 1.32. The molecule has 0 aromatic carbocycles. The highest BCUT2D eigenvalue weighted by Crippen LogP contribution is 2.09. The summed E-state index contributed by atoms with van der Waals surface area (Å²) in [5.74, 6) is -1.08. The highest BCUT2D eigenvalue weighted by Gasteiger charge is 2.29. The van der Waals surface area contributed by atoms with Crippen LogP contribution in [0, 0.1) is 0 Å². The molecule has 0 saturated carbocycles. The molecule has 14 heavy (non-hydrogen) atoms. The van der Waals surface area contributed by atoms with Crippen molar-refractivity contribution in [3.63, 3.8) is 0 Å².